The van der Waals surface area contributed by atoms with Gasteiger partial charge in [-0.05, 0) is 0 Å². The van der Waals surface area contributed by atoms with Crippen molar-refractivity contribution in [3.63, 3.8) is 0 Å². The first-order valence-electron chi connectivity index (χ1n) is 0.823. The van der Waals surface area contributed by atoms with Gasteiger partial charge in [-0.15, -0.1) is 10.1 Å². The molecule has 1 N–H and O–H groups in total. The lowest BCUT2D eigenvalue weighted by Gasteiger charge is -1.56. The molecule has 0 amide bonds. The highest BCUT2D eigenvalue weighted by molar-refractivity contribution is 4.03. The molecule has 0 fully saturated rings. The molecule has 0 aromatic carbocycles. The van der Waals surface area contributed by atoms with Gasteiger partial charge in [0.25, 0.3) is 5.09 Å². The van der Waals surface area contributed by atoms with Gasteiger partial charge >= 0.3 is 0 Å². The standard InChI is InChI=1S/CHN.HNO3/c1-2;2-1(3)4/h1H;(H,2,3,4). The monoisotopic (exact) mass is 90.0 g/mol. The van der Waals surface area contributed by atoms with E-state index in [-0.39, 0.29) is 0 Å². The van der Waals surface area contributed by atoms with Crippen LogP contribution in [0.3, 0.4) is 0 Å². The van der Waals surface area contributed by atoms with Crippen LogP contribution < -0.4 is 0 Å². The number of nitrogens with zero attached hydrogens (tertiary/aromatic N) is 2. The molecular formula is CH2N2O3. The topological polar surface area (TPSA) is 87.2 Å². The van der Waals surface area contributed by atoms with Crippen LogP contribution in [-0.4, -0.2) is 10.3 Å². The normalized spacial score (nSPS) is 4.33. The quantitative estimate of drug-likeness (QED) is 0.329. The molecule has 0 bridgehead atoms. The summed E-state index contributed by atoms with van der Waals surface area (Å²) in [7, 11) is 0. The summed E-state index contributed by atoms with van der Waals surface area (Å²) in [5, 5.41) is 20.1. The highest BCUT2D eigenvalue weighted by atomic mass is 16.9. The summed E-state index contributed by atoms with van der Waals surface area (Å²) in [6, 6.07) is 0. The zero-order chi connectivity index (χ0) is 5.58. The van der Waals surface area contributed by atoms with Gasteiger partial charge in [0.05, 0.1) is 0 Å². The summed E-state index contributed by atoms with van der Waals surface area (Å²) >= 11 is 0. The van der Waals surface area contributed by atoms with Gasteiger partial charge in [0.2, 0.25) is 0 Å². The van der Waals surface area contributed by atoms with Crippen molar-refractivity contribution < 1.29 is 10.3 Å². The minimum absolute atomic E-state index is 1.50. The van der Waals surface area contributed by atoms with Crippen LogP contribution in [0.4, 0.5) is 0 Å². The average molecular weight is 90.0 g/mol. The van der Waals surface area contributed by atoms with E-state index in [9.17, 15) is 0 Å². The summed E-state index contributed by atoms with van der Waals surface area (Å²) in [6.07, 6.45) is 0. The van der Waals surface area contributed by atoms with Gasteiger partial charge < -0.3 is 5.21 Å². The Kier molecular flexibility index (Phi) is 13.8. The molecule has 0 aliphatic rings. The predicted molar refractivity (Wildman–Crippen MR) is 15.5 cm³/mol. The molecule has 0 spiro atoms. The summed E-state index contributed by atoms with van der Waals surface area (Å²) in [4.78, 5) is 8.36. The highest BCUT2D eigenvalue weighted by Gasteiger charge is 1.65. The molecule has 0 unspecified atom stereocenters. The van der Waals surface area contributed by atoms with E-state index in [0.29, 0.717) is 0 Å². The Hall–Kier alpha value is -1.31. The summed E-state index contributed by atoms with van der Waals surface area (Å²) in [6.45, 7) is 3.50. The van der Waals surface area contributed by atoms with Crippen LogP contribution >= 0.6 is 0 Å². The number of rotatable bonds is 0. The molecule has 34 valence electrons. The minimum atomic E-state index is -1.50. The first kappa shape index (κ1) is 8.83. The molecule has 0 aromatic rings. The van der Waals surface area contributed by atoms with E-state index in [0.717, 1.165) is 0 Å². The van der Waals surface area contributed by atoms with Gasteiger partial charge in [-0.3, -0.25) is 0 Å². The van der Waals surface area contributed by atoms with Crippen LogP contribution in [0.2, 0.25) is 0 Å². The van der Waals surface area contributed by atoms with Crippen molar-refractivity contribution in [2.75, 3.05) is 0 Å². The Labute approximate surface area is 33.5 Å². The third kappa shape index (κ3) is 4.48. The Bertz CT molecular complexity index is 53.1. The van der Waals surface area contributed by atoms with E-state index in [4.69, 9.17) is 20.6 Å². The van der Waals surface area contributed by atoms with Gasteiger partial charge in [-0.2, -0.15) is 0 Å². The average Bonchev–Trinajstić information content (AvgIpc) is 1.41. The number of nitriles is 1. The molecule has 0 radical (unpaired) electrons. The molecule has 0 atom stereocenters. The molecule has 0 aliphatic carbocycles. The van der Waals surface area contributed by atoms with Crippen molar-refractivity contribution in [2.24, 2.45) is 0 Å². The van der Waals surface area contributed by atoms with E-state index >= 15 is 0 Å². The van der Waals surface area contributed by atoms with Gasteiger partial charge in [0.1, 0.15) is 0 Å². The van der Waals surface area contributed by atoms with Crippen LogP contribution in [0, 0.1) is 21.9 Å². The zero-order valence-corrected chi connectivity index (χ0v) is 2.74. The smallest absolute Gasteiger partial charge is 0.291 e. The van der Waals surface area contributed by atoms with Crippen molar-refractivity contribution in [2.45, 2.75) is 0 Å². The highest BCUT2D eigenvalue weighted by Crippen LogP contribution is 1.38. The molecule has 0 aromatic heterocycles. The van der Waals surface area contributed by atoms with Crippen molar-refractivity contribution in [1.82, 2.24) is 0 Å². The summed E-state index contributed by atoms with van der Waals surface area (Å²) in [5.74, 6) is 0. The molecule has 5 heteroatoms. The summed E-state index contributed by atoms with van der Waals surface area (Å²) in [5.41, 5.74) is 0. The van der Waals surface area contributed by atoms with Crippen LogP contribution in [-0.2, 0) is 0 Å². The van der Waals surface area contributed by atoms with E-state index in [1.54, 1.807) is 0 Å². The lowest BCUT2D eigenvalue weighted by molar-refractivity contribution is -0.742. The maximum absolute atomic E-state index is 8.36. The fourth-order valence-electron chi connectivity index (χ4n) is 0. The van der Waals surface area contributed by atoms with Gasteiger partial charge in [0, 0.05) is 6.57 Å². The fraction of sp³-hybridized carbons (Fsp3) is 0. The third-order valence-corrected chi connectivity index (χ3v) is 0. The lowest BCUT2D eigenvalue weighted by atomic mass is 11.9. The Morgan fingerprint density at radius 3 is 1.83 bits per heavy atom. The van der Waals surface area contributed by atoms with Crippen molar-refractivity contribution >= 4 is 0 Å². The second-order valence-electron chi connectivity index (χ2n) is 0.238. The predicted octanol–water partition coefficient (Wildman–Crippen LogP) is -0.208. The first-order valence-corrected chi connectivity index (χ1v) is 0.823. The molecule has 0 saturated heterocycles. The molecule has 0 rings (SSSR count). The Morgan fingerprint density at radius 1 is 1.83 bits per heavy atom. The van der Waals surface area contributed by atoms with Crippen LogP contribution in [0.25, 0.3) is 0 Å². The molecule has 5 nitrogen and oxygen atoms in total. The molecule has 0 aliphatic heterocycles. The van der Waals surface area contributed by atoms with Crippen LogP contribution in [0.1, 0.15) is 0 Å². The fourth-order valence-corrected chi connectivity index (χ4v) is 0. The second kappa shape index (κ2) is 9.35. The minimum Gasteiger partial charge on any atom is -0.328 e. The maximum Gasteiger partial charge on any atom is 0.291 e. The molecular weight excluding hydrogens is 88.0 g/mol. The van der Waals surface area contributed by atoms with Crippen molar-refractivity contribution in [3.8, 4) is 6.57 Å². The van der Waals surface area contributed by atoms with Gasteiger partial charge in [-0.25, -0.2) is 5.26 Å². The molecule has 0 saturated carbocycles. The van der Waals surface area contributed by atoms with Crippen molar-refractivity contribution in [1.29, 1.82) is 5.26 Å². The Balaban J connectivity index is 0. The summed E-state index contributed by atoms with van der Waals surface area (Å²) < 4.78 is 0. The largest absolute Gasteiger partial charge is 0.328 e. The van der Waals surface area contributed by atoms with Crippen LogP contribution in [0.15, 0.2) is 0 Å². The molecule has 6 heavy (non-hydrogen) atoms. The first-order chi connectivity index (χ1) is 2.73. The van der Waals surface area contributed by atoms with E-state index < -0.39 is 5.09 Å². The number of hydrogen-bond acceptors (Lipinski definition) is 3. The second-order valence-corrected chi connectivity index (χ2v) is 0.238. The molecule has 0 heterocycles. The Morgan fingerprint density at radius 2 is 1.83 bits per heavy atom. The van der Waals surface area contributed by atoms with E-state index in [1.165, 1.54) is 0 Å². The van der Waals surface area contributed by atoms with E-state index in [2.05, 4.69) is 6.57 Å². The number of hydrogen-bond donors (Lipinski definition) is 1. The maximum atomic E-state index is 8.36. The SMILES string of the molecule is C#N.O=[N+]([O-])O. The third-order valence-electron chi connectivity index (χ3n) is 0. The lowest BCUT2D eigenvalue weighted by Crippen LogP contribution is -1.81. The van der Waals surface area contributed by atoms with Gasteiger partial charge in [0.15, 0.2) is 0 Å². The zero-order valence-electron chi connectivity index (χ0n) is 2.74. The van der Waals surface area contributed by atoms with Crippen LogP contribution in [0.5, 0.6) is 0 Å². The van der Waals surface area contributed by atoms with Gasteiger partial charge in [-0.1, -0.05) is 0 Å². The van der Waals surface area contributed by atoms with Crippen molar-refractivity contribution in [3.05, 3.63) is 10.1 Å². The van der Waals surface area contributed by atoms with E-state index in [1.807, 2.05) is 0 Å².